The van der Waals surface area contributed by atoms with E-state index in [2.05, 4.69) is 26.1 Å². The highest BCUT2D eigenvalue weighted by Gasteiger charge is 2.08. The molecule has 0 aliphatic carbocycles. The van der Waals surface area contributed by atoms with Crippen molar-refractivity contribution in [3.8, 4) is 0 Å². The first-order valence-corrected chi connectivity index (χ1v) is 5.62. The van der Waals surface area contributed by atoms with Crippen molar-refractivity contribution in [2.75, 3.05) is 0 Å². The van der Waals surface area contributed by atoms with Gasteiger partial charge in [-0.15, -0.1) is 0 Å². The standard InChI is InChI=1S/C11H8BrN3O/c12-8-1-2-11-9(5-8)10(14-16-11)6-15-4-3-13-7-15/h1-5,7H,6H2. The van der Waals surface area contributed by atoms with Gasteiger partial charge in [0, 0.05) is 22.3 Å². The number of fused-ring (bicyclic) bond motifs is 1. The zero-order valence-electron chi connectivity index (χ0n) is 8.30. The van der Waals surface area contributed by atoms with Crippen LogP contribution in [-0.4, -0.2) is 14.7 Å². The maximum atomic E-state index is 5.25. The summed E-state index contributed by atoms with van der Waals surface area (Å²) < 4.78 is 8.23. The fourth-order valence-corrected chi connectivity index (χ4v) is 1.99. The Morgan fingerprint density at radius 2 is 2.31 bits per heavy atom. The summed E-state index contributed by atoms with van der Waals surface area (Å²) in [5.41, 5.74) is 1.72. The third kappa shape index (κ3) is 1.63. The van der Waals surface area contributed by atoms with Crippen LogP contribution in [0.5, 0.6) is 0 Å². The van der Waals surface area contributed by atoms with Gasteiger partial charge >= 0.3 is 0 Å². The Bertz CT molecular complexity index is 615. The van der Waals surface area contributed by atoms with Gasteiger partial charge in [-0.3, -0.25) is 0 Å². The number of imidazole rings is 1. The quantitative estimate of drug-likeness (QED) is 0.724. The molecule has 5 heteroatoms. The summed E-state index contributed by atoms with van der Waals surface area (Å²) in [6.07, 6.45) is 5.41. The summed E-state index contributed by atoms with van der Waals surface area (Å²) in [5, 5.41) is 5.10. The monoisotopic (exact) mass is 277 g/mol. The fraction of sp³-hybridized carbons (Fsp3) is 0.0909. The maximum absolute atomic E-state index is 5.25. The number of hydrogen-bond acceptors (Lipinski definition) is 3. The second-order valence-electron chi connectivity index (χ2n) is 3.50. The first-order chi connectivity index (χ1) is 7.83. The summed E-state index contributed by atoms with van der Waals surface area (Å²) in [6, 6.07) is 5.86. The molecule has 80 valence electrons. The second-order valence-corrected chi connectivity index (χ2v) is 4.42. The van der Waals surface area contributed by atoms with Gasteiger partial charge in [0.2, 0.25) is 0 Å². The van der Waals surface area contributed by atoms with Crippen LogP contribution in [0.15, 0.2) is 45.9 Å². The minimum absolute atomic E-state index is 0.670. The first kappa shape index (κ1) is 9.59. The van der Waals surface area contributed by atoms with Gasteiger partial charge in [-0.05, 0) is 18.2 Å². The summed E-state index contributed by atoms with van der Waals surface area (Å²) >= 11 is 3.44. The van der Waals surface area contributed by atoms with Crippen molar-refractivity contribution >= 4 is 26.9 Å². The molecule has 3 aromatic rings. The summed E-state index contributed by atoms with van der Waals surface area (Å²) in [4.78, 5) is 4.00. The Morgan fingerprint density at radius 3 is 3.12 bits per heavy atom. The molecule has 16 heavy (non-hydrogen) atoms. The molecule has 0 saturated carbocycles. The van der Waals surface area contributed by atoms with Crippen LogP contribution < -0.4 is 0 Å². The Kier molecular flexibility index (Phi) is 2.25. The van der Waals surface area contributed by atoms with Crippen LogP contribution >= 0.6 is 15.9 Å². The van der Waals surface area contributed by atoms with Gasteiger partial charge in [0.15, 0.2) is 5.58 Å². The smallest absolute Gasteiger partial charge is 0.167 e. The molecular weight excluding hydrogens is 270 g/mol. The maximum Gasteiger partial charge on any atom is 0.167 e. The number of nitrogens with zero attached hydrogens (tertiary/aromatic N) is 3. The lowest BCUT2D eigenvalue weighted by Gasteiger charge is -1.97. The van der Waals surface area contributed by atoms with E-state index in [1.165, 1.54) is 0 Å². The van der Waals surface area contributed by atoms with Crippen LogP contribution in [0.1, 0.15) is 5.69 Å². The van der Waals surface area contributed by atoms with E-state index in [1.54, 1.807) is 12.5 Å². The van der Waals surface area contributed by atoms with Crippen molar-refractivity contribution in [2.24, 2.45) is 0 Å². The molecule has 2 aromatic heterocycles. The van der Waals surface area contributed by atoms with Crippen molar-refractivity contribution in [3.63, 3.8) is 0 Å². The molecule has 0 aliphatic heterocycles. The second kappa shape index (κ2) is 3.75. The number of halogens is 1. The molecule has 1 aromatic carbocycles. The van der Waals surface area contributed by atoms with Gasteiger partial charge in [-0.2, -0.15) is 0 Å². The van der Waals surface area contributed by atoms with E-state index in [-0.39, 0.29) is 0 Å². The molecule has 0 spiro atoms. The molecule has 0 N–H and O–H groups in total. The molecule has 0 radical (unpaired) electrons. The van der Waals surface area contributed by atoms with Crippen LogP contribution in [-0.2, 0) is 6.54 Å². The van der Waals surface area contributed by atoms with Gasteiger partial charge in [0.05, 0.1) is 12.9 Å². The fourth-order valence-electron chi connectivity index (χ4n) is 1.63. The van der Waals surface area contributed by atoms with Crippen LogP contribution in [0.4, 0.5) is 0 Å². The predicted molar refractivity (Wildman–Crippen MR) is 63.0 cm³/mol. The van der Waals surface area contributed by atoms with Gasteiger partial charge in [0.1, 0.15) is 5.69 Å². The Morgan fingerprint density at radius 1 is 1.38 bits per heavy atom. The molecule has 2 heterocycles. The summed E-state index contributed by atoms with van der Waals surface area (Å²) in [6.45, 7) is 0.670. The lowest BCUT2D eigenvalue weighted by Crippen LogP contribution is -1.96. The van der Waals surface area contributed by atoms with Crippen LogP contribution in [0.2, 0.25) is 0 Å². The van der Waals surface area contributed by atoms with Crippen LogP contribution in [0.25, 0.3) is 11.0 Å². The highest BCUT2D eigenvalue weighted by atomic mass is 79.9. The zero-order chi connectivity index (χ0) is 11.0. The third-order valence-corrected chi connectivity index (χ3v) is 2.89. The minimum Gasteiger partial charge on any atom is -0.356 e. The highest BCUT2D eigenvalue weighted by molar-refractivity contribution is 9.10. The van der Waals surface area contributed by atoms with E-state index < -0.39 is 0 Å². The van der Waals surface area contributed by atoms with E-state index >= 15 is 0 Å². The molecule has 0 aliphatic rings. The molecule has 0 atom stereocenters. The average molecular weight is 278 g/mol. The number of rotatable bonds is 2. The largest absolute Gasteiger partial charge is 0.356 e. The van der Waals surface area contributed by atoms with Gasteiger partial charge in [0.25, 0.3) is 0 Å². The minimum atomic E-state index is 0.670. The van der Waals surface area contributed by atoms with Crippen molar-refractivity contribution in [1.82, 2.24) is 14.7 Å². The molecule has 4 nitrogen and oxygen atoms in total. The topological polar surface area (TPSA) is 43.9 Å². The molecule has 0 fully saturated rings. The molecule has 0 bridgehead atoms. The summed E-state index contributed by atoms with van der Waals surface area (Å²) in [5.74, 6) is 0. The van der Waals surface area contributed by atoms with E-state index in [0.717, 1.165) is 21.1 Å². The Balaban J connectivity index is 2.07. The Hall–Kier alpha value is -1.62. The molecule has 0 unspecified atom stereocenters. The molecule has 0 saturated heterocycles. The molecule has 3 rings (SSSR count). The zero-order valence-corrected chi connectivity index (χ0v) is 9.89. The van der Waals surface area contributed by atoms with E-state index in [9.17, 15) is 0 Å². The SMILES string of the molecule is Brc1ccc2onc(Cn3ccnc3)c2c1. The van der Waals surface area contributed by atoms with Crippen molar-refractivity contribution in [2.45, 2.75) is 6.54 Å². The van der Waals surface area contributed by atoms with Gasteiger partial charge < -0.3 is 9.09 Å². The summed E-state index contributed by atoms with van der Waals surface area (Å²) in [7, 11) is 0. The average Bonchev–Trinajstić information content (AvgIpc) is 2.90. The normalized spacial score (nSPS) is 11.1. The van der Waals surface area contributed by atoms with Crippen molar-refractivity contribution in [1.29, 1.82) is 0 Å². The molecular formula is C11H8BrN3O. The number of benzene rings is 1. The van der Waals surface area contributed by atoms with Crippen LogP contribution in [0, 0.1) is 0 Å². The van der Waals surface area contributed by atoms with E-state index in [4.69, 9.17) is 4.52 Å². The Labute approximate surface area is 100 Å². The van der Waals surface area contributed by atoms with Crippen molar-refractivity contribution in [3.05, 3.63) is 47.1 Å². The van der Waals surface area contributed by atoms with E-state index in [0.29, 0.717) is 6.54 Å². The molecule has 0 amide bonds. The number of aromatic nitrogens is 3. The highest BCUT2D eigenvalue weighted by Crippen LogP contribution is 2.23. The first-order valence-electron chi connectivity index (χ1n) is 4.82. The third-order valence-electron chi connectivity index (χ3n) is 2.40. The predicted octanol–water partition coefficient (Wildman–Crippen LogP) is 2.84. The van der Waals surface area contributed by atoms with Gasteiger partial charge in [-0.25, -0.2) is 4.98 Å². The lowest BCUT2D eigenvalue weighted by atomic mass is 10.2. The van der Waals surface area contributed by atoms with E-state index in [1.807, 2.05) is 29.0 Å². The van der Waals surface area contributed by atoms with Crippen LogP contribution in [0.3, 0.4) is 0 Å². The number of hydrogen-bond donors (Lipinski definition) is 0. The van der Waals surface area contributed by atoms with Gasteiger partial charge in [-0.1, -0.05) is 21.1 Å². The lowest BCUT2D eigenvalue weighted by molar-refractivity contribution is 0.443. The van der Waals surface area contributed by atoms with Crippen molar-refractivity contribution < 1.29 is 4.52 Å².